The van der Waals surface area contributed by atoms with Crippen LogP contribution in [0, 0.1) is 12.8 Å². The van der Waals surface area contributed by atoms with E-state index in [0.29, 0.717) is 5.92 Å². The predicted molar refractivity (Wildman–Crippen MR) is 143 cm³/mol. The van der Waals surface area contributed by atoms with E-state index in [1.165, 1.54) is 20.9 Å². The monoisotopic (exact) mass is 566 g/mol. The van der Waals surface area contributed by atoms with Gasteiger partial charge in [-0.3, -0.25) is 0 Å². The molecule has 0 amide bonds. The van der Waals surface area contributed by atoms with E-state index in [2.05, 4.69) is 91.0 Å². The smallest absolute Gasteiger partial charge is 0.147 e. The predicted octanol–water partition coefficient (Wildman–Crippen LogP) is 9.15. The number of halogens is 2. The molecular formula is C26H34Cl2SSiZr. The van der Waals surface area contributed by atoms with Crippen molar-refractivity contribution in [2.45, 2.75) is 58.3 Å². The van der Waals surface area contributed by atoms with E-state index < -0.39 is 20.4 Å². The average Bonchev–Trinajstić information content (AvgIpc) is 3.30. The molecule has 0 aliphatic heterocycles. The fourth-order valence-electron chi connectivity index (χ4n) is 5.24. The Morgan fingerprint density at radius 1 is 0.903 bits per heavy atom. The molecule has 1 aromatic heterocycles. The fraction of sp³-hybridized carbons (Fsp3) is 0.385. The maximum Gasteiger partial charge on any atom is -0.147 e. The van der Waals surface area contributed by atoms with Gasteiger partial charge in [0.25, 0.3) is 0 Å². The average molecular weight is 569 g/mol. The van der Waals surface area contributed by atoms with Gasteiger partial charge in [-0.25, -0.2) is 0 Å². The first-order valence-corrected chi connectivity index (χ1v) is 20.3. The van der Waals surface area contributed by atoms with Crippen molar-refractivity contribution in [1.82, 2.24) is 0 Å². The number of hydrogen-bond acceptors (Lipinski definition) is 1. The van der Waals surface area contributed by atoms with Crippen molar-refractivity contribution < 1.29 is 20.4 Å². The Balaban J connectivity index is 0.00000171. The van der Waals surface area contributed by atoms with Gasteiger partial charge in [-0.2, -0.15) is 0 Å². The van der Waals surface area contributed by atoms with Crippen molar-refractivity contribution in [1.29, 1.82) is 0 Å². The number of thiophene rings is 1. The molecule has 5 heteroatoms. The van der Waals surface area contributed by atoms with Crippen LogP contribution < -0.4 is 0 Å². The van der Waals surface area contributed by atoms with E-state index in [4.69, 9.17) is 0 Å². The van der Waals surface area contributed by atoms with Gasteiger partial charge in [0.1, 0.15) is 0 Å². The summed E-state index contributed by atoms with van der Waals surface area (Å²) in [5, 5.41) is 0. The molecule has 0 radical (unpaired) electrons. The molecule has 0 N–H and O–H groups in total. The Kier molecular flexibility index (Phi) is 9.07. The summed E-state index contributed by atoms with van der Waals surface area (Å²) >= 11 is 0.0504. The molecule has 2 aliphatic rings. The summed E-state index contributed by atoms with van der Waals surface area (Å²) in [6.45, 7) is 19.5. The van der Waals surface area contributed by atoms with Crippen LogP contribution in [0.15, 0.2) is 55.9 Å². The van der Waals surface area contributed by atoms with Crippen molar-refractivity contribution in [2.75, 3.05) is 0 Å². The van der Waals surface area contributed by atoms with Gasteiger partial charge in [0.05, 0.1) is 0 Å². The molecule has 31 heavy (non-hydrogen) atoms. The van der Waals surface area contributed by atoms with E-state index in [1.807, 2.05) is 14.6 Å². The quantitative estimate of drug-likeness (QED) is 0.324. The topological polar surface area (TPSA) is 0 Å². The SMILES string of the molecule is CC1=Cc2c(-c3ccc(C)s3)cccc2[CH]1[Zr]([C]1=C(C)C(C)=C(C)C1C)=[Si](C)C.Cl.Cl. The second-order valence-corrected chi connectivity index (χ2v) is 27.6. The summed E-state index contributed by atoms with van der Waals surface area (Å²) in [6.07, 6.45) is 2.54. The van der Waals surface area contributed by atoms with E-state index in [9.17, 15) is 0 Å². The van der Waals surface area contributed by atoms with E-state index in [1.54, 1.807) is 27.9 Å². The third-order valence-electron chi connectivity index (χ3n) is 7.04. The van der Waals surface area contributed by atoms with Crippen molar-refractivity contribution in [3.63, 3.8) is 0 Å². The third kappa shape index (κ3) is 4.60. The molecule has 0 fully saturated rings. The van der Waals surface area contributed by atoms with Crippen LogP contribution in [-0.2, 0) is 20.4 Å². The molecule has 2 unspecified atom stereocenters. The van der Waals surface area contributed by atoms with Gasteiger partial charge >= 0.3 is 190 Å². The number of benzene rings is 1. The second kappa shape index (κ2) is 10.4. The van der Waals surface area contributed by atoms with Crippen molar-refractivity contribution in [3.8, 4) is 10.4 Å². The normalized spacial score (nSPS) is 19.7. The van der Waals surface area contributed by atoms with Crippen LogP contribution in [0.3, 0.4) is 0 Å². The van der Waals surface area contributed by atoms with Gasteiger partial charge in [-0.05, 0) is 0 Å². The van der Waals surface area contributed by atoms with E-state index in [-0.39, 0.29) is 30.2 Å². The first kappa shape index (κ1) is 27.1. The number of fused-ring (bicyclic) bond motifs is 1. The molecule has 2 atom stereocenters. The summed E-state index contributed by atoms with van der Waals surface area (Å²) in [6, 6.07) is 11.7. The molecule has 0 saturated carbocycles. The maximum absolute atomic E-state index is 2.60. The van der Waals surface area contributed by atoms with Crippen LogP contribution in [-0.4, -0.2) is 5.43 Å². The minimum absolute atomic E-state index is 0. The zero-order valence-corrected chi connectivity index (χ0v) is 25.8. The molecule has 1 heterocycles. The molecule has 2 aliphatic carbocycles. The molecule has 1 aromatic carbocycles. The summed E-state index contributed by atoms with van der Waals surface area (Å²) in [7, 11) is 0. The van der Waals surface area contributed by atoms with Gasteiger partial charge in [-0.15, -0.1) is 24.8 Å². The molecule has 2 aromatic rings. The zero-order chi connectivity index (χ0) is 21.0. The summed E-state index contributed by atoms with van der Waals surface area (Å²) in [5.74, 6) is 0.671. The molecular weight excluding hydrogens is 535 g/mol. The van der Waals surface area contributed by atoms with Crippen LogP contribution in [0.4, 0.5) is 0 Å². The van der Waals surface area contributed by atoms with Gasteiger partial charge in [0.15, 0.2) is 0 Å². The van der Waals surface area contributed by atoms with Crippen molar-refractivity contribution >= 4 is 47.7 Å². The zero-order valence-electron chi connectivity index (χ0n) is 19.8. The van der Waals surface area contributed by atoms with Gasteiger partial charge in [-0.1, -0.05) is 0 Å². The Labute approximate surface area is 213 Å². The van der Waals surface area contributed by atoms with E-state index >= 15 is 0 Å². The first-order valence-electron chi connectivity index (χ1n) is 10.7. The second-order valence-electron chi connectivity index (χ2n) is 9.02. The van der Waals surface area contributed by atoms with Gasteiger partial charge in [0, 0.05) is 0 Å². The fourth-order valence-corrected chi connectivity index (χ4v) is 26.8. The van der Waals surface area contributed by atoms with E-state index in [0.717, 1.165) is 3.63 Å². The van der Waals surface area contributed by atoms with Crippen LogP contribution in [0.2, 0.25) is 13.1 Å². The Morgan fingerprint density at radius 2 is 1.58 bits per heavy atom. The molecule has 0 saturated heterocycles. The van der Waals surface area contributed by atoms with Gasteiger partial charge in [0.2, 0.25) is 0 Å². The maximum atomic E-state index is 2.60. The van der Waals surface area contributed by atoms with Gasteiger partial charge < -0.3 is 0 Å². The third-order valence-corrected chi connectivity index (χ3v) is 27.1. The Bertz CT molecular complexity index is 1150. The molecule has 0 spiro atoms. The number of hydrogen-bond donors (Lipinski definition) is 0. The Morgan fingerprint density at radius 3 is 2.10 bits per heavy atom. The van der Waals surface area contributed by atoms with Crippen molar-refractivity contribution in [3.05, 3.63) is 71.9 Å². The minimum Gasteiger partial charge on any atom is -0.147 e. The van der Waals surface area contributed by atoms with Crippen LogP contribution >= 0.6 is 36.2 Å². The molecule has 0 bridgehead atoms. The number of aryl methyl sites for hydroxylation is 1. The molecule has 0 nitrogen and oxygen atoms in total. The van der Waals surface area contributed by atoms with Crippen LogP contribution in [0.25, 0.3) is 16.5 Å². The Hall–Kier alpha value is -0.180. The summed E-state index contributed by atoms with van der Waals surface area (Å²) in [5.41, 5.74) is 10.8. The van der Waals surface area contributed by atoms with Crippen LogP contribution in [0.1, 0.15) is 54.2 Å². The first-order chi connectivity index (χ1) is 13.7. The molecule has 166 valence electrons. The summed E-state index contributed by atoms with van der Waals surface area (Å²) in [4.78, 5) is 2.82. The minimum atomic E-state index is -1.88. The number of rotatable bonds is 3. The summed E-state index contributed by atoms with van der Waals surface area (Å²) < 4.78 is 2.65. The molecule has 4 rings (SSSR count). The van der Waals surface area contributed by atoms with Crippen molar-refractivity contribution in [2.24, 2.45) is 5.92 Å². The largest absolute Gasteiger partial charge is 0.147 e. The standard InChI is InChI=1S/C15H13S.C9H13.C2H6Si.2ClH.Zr/c1-10-8-12-4-3-5-13(14(12)9-10)15-7-6-11(2)16-15;1-6-5-7(2)9(4)8(6)3;1-3-2;;;/h3-9H,1-2H3;6H,1-4H3;1-2H3;2*1H;. The van der Waals surface area contributed by atoms with Crippen LogP contribution in [0.5, 0.6) is 0 Å². The number of allylic oxidation sites excluding steroid dienone is 5.